The fourth-order valence-corrected chi connectivity index (χ4v) is 1.75. The maximum Gasteiger partial charge on any atom is 0.269 e. The van der Waals surface area contributed by atoms with E-state index in [0.717, 1.165) is 6.07 Å². The van der Waals surface area contributed by atoms with E-state index in [4.69, 9.17) is 10.9 Å². The second kappa shape index (κ2) is 6.04. The highest BCUT2D eigenvalue weighted by Gasteiger charge is 2.11. The van der Waals surface area contributed by atoms with Gasteiger partial charge in [0.25, 0.3) is 5.91 Å². The zero-order valence-corrected chi connectivity index (χ0v) is 11.2. The first kappa shape index (κ1) is 14.5. The molecule has 0 bridgehead atoms. The molecule has 0 radical (unpaired) electrons. The zero-order valence-electron chi connectivity index (χ0n) is 11.2. The third kappa shape index (κ3) is 3.16. The van der Waals surface area contributed by atoms with E-state index in [-0.39, 0.29) is 23.9 Å². The Hall–Kier alpha value is -2.90. The van der Waals surface area contributed by atoms with Crippen molar-refractivity contribution >= 4 is 11.7 Å². The summed E-state index contributed by atoms with van der Waals surface area (Å²) in [6.07, 6.45) is 2.93. The summed E-state index contributed by atoms with van der Waals surface area (Å²) in [5, 5.41) is 13.9. The molecule has 0 saturated heterocycles. The van der Waals surface area contributed by atoms with Gasteiger partial charge in [-0.25, -0.2) is 9.37 Å². The number of amides is 1. The Bertz CT molecular complexity index is 696. The Labute approximate surface area is 119 Å². The first-order chi connectivity index (χ1) is 10.0. The predicted molar refractivity (Wildman–Crippen MR) is 73.3 cm³/mol. The normalized spacial score (nSPS) is 11.4. The summed E-state index contributed by atoms with van der Waals surface area (Å²) < 4.78 is 15.4. The van der Waals surface area contributed by atoms with Crippen molar-refractivity contribution < 1.29 is 14.4 Å². The van der Waals surface area contributed by atoms with Gasteiger partial charge in [-0.15, -0.1) is 0 Å². The molecule has 7 nitrogen and oxygen atoms in total. The van der Waals surface area contributed by atoms with Crippen LogP contribution < -0.4 is 11.1 Å². The molecule has 0 spiro atoms. The van der Waals surface area contributed by atoms with Crippen molar-refractivity contribution in [3.63, 3.8) is 0 Å². The number of carbonyl (C=O) groups excluding carboxylic acids is 1. The van der Waals surface area contributed by atoms with E-state index in [1.165, 1.54) is 24.7 Å². The van der Waals surface area contributed by atoms with Crippen molar-refractivity contribution in [1.82, 2.24) is 14.9 Å². The Morgan fingerprint density at radius 1 is 1.57 bits per heavy atom. The molecule has 1 heterocycles. The lowest BCUT2D eigenvalue weighted by Gasteiger charge is -2.08. The third-order valence-electron chi connectivity index (χ3n) is 2.95. The van der Waals surface area contributed by atoms with E-state index >= 15 is 0 Å². The van der Waals surface area contributed by atoms with Gasteiger partial charge in [0.1, 0.15) is 11.5 Å². The maximum atomic E-state index is 13.9. The van der Waals surface area contributed by atoms with E-state index in [1.807, 2.05) is 0 Å². The Kier molecular flexibility index (Phi) is 4.17. The molecular weight excluding hydrogens is 277 g/mol. The van der Waals surface area contributed by atoms with Crippen LogP contribution in [0.25, 0.3) is 0 Å². The van der Waals surface area contributed by atoms with Crippen LogP contribution in [0.3, 0.4) is 0 Å². The fourth-order valence-electron chi connectivity index (χ4n) is 1.75. The Morgan fingerprint density at radius 3 is 2.90 bits per heavy atom. The van der Waals surface area contributed by atoms with E-state index in [0.29, 0.717) is 11.3 Å². The number of rotatable bonds is 4. The summed E-state index contributed by atoms with van der Waals surface area (Å²) in [5.74, 6) is -1.08. The molecule has 2 rings (SSSR count). The number of amidine groups is 1. The van der Waals surface area contributed by atoms with Crippen molar-refractivity contribution in [3.05, 3.63) is 53.4 Å². The van der Waals surface area contributed by atoms with Crippen molar-refractivity contribution in [1.29, 1.82) is 0 Å². The smallest absolute Gasteiger partial charge is 0.269 e. The largest absolute Gasteiger partial charge is 0.409 e. The van der Waals surface area contributed by atoms with Crippen LogP contribution >= 0.6 is 0 Å². The molecule has 1 aromatic carbocycles. The van der Waals surface area contributed by atoms with E-state index in [1.54, 1.807) is 11.6 Å². The van der Waals surface area contributed by atoms with Crippen LogP contribution in [-0.2, 0) is 13.6 Å². The van der Waals surface area contributed by atoms with Gasteiger partial charge in [0.2, 0.25) is 0 Å². The van der Waals surface area contributed by atoms with Gasteiger partial charge >= 0.3 is 0 Å². The molecule has 0 saturated carbocycles. The quantitative estimate of drug-likeness (QED) is 0.331. The lowest BCUT2D eigenvalue weighted by Crippen LogP contribution is -2.25. The number of aryl methyl sites for hydroxylation is 1. The van der Waals surface area contributed by atoms with Crippen molar-refractivity contribution in [3.8, 4) is 0 Å². The maximum absolute atomic E-state index is 13.9. The van der Waals surface area contributed by atoms with Crippen LogP contribution in [0.5, 0.6) is 0 Å². The molecule has 0 unspecified atom stereocenters. The average molecular weight is 291 g/mol. The van der Waals surface area contributed by atoms with Gasteiger partial charge in [0.05, 0.1) is 12.5 Å². The fraction of sp³-hybridized carbons (Fsp3) is 0.154. The van der Waals surface area contributed by atoms with Gasteiger partial charge in [-0.3, -0.25) is 4.79 Å². The topological polar surface area (TPSA) is 106 Å². The number of carbonyl (C=O) groups is 1. The van der Waals surface area contributed by atoms with Gasteiger partial charge in [-0.05, 0) is 6.07 Å². The first-order valence-corrected chi connectivity index (χ1v) is 6.03. The van der Waals surface area contributed by atoms with E-state index in [2.05, 4.69) is 15.5 Å². The monoisotopic (exact) mass is 291 g/mol. The summed E-state index contributed by atoms with van der Waals surface area (Å²) in [6.45, 7) is 0.0201. The highest BCUT2D eigenvalue weighted by Crippen LogP contribution is 2.10. The number of imidazole rings is 1. The van der Waals surface area contributed by atoms with Gasteiger partial charge in [0, 0.05) is 24.7 Å². The highest BCUT2D eigenvalue weighted by molar-refractivity contribution is 5.97. The summed E-state index contributed by atoms with van der Waals surface area (Å²) in [6, 6.07) is 4.11. The van der Waals surface area contributed by atoms with Crippen LogP contribution in [-0.4, -0.2) is 26.5 Å². The predicted octanol–water partition coefficient (Wildman–Crippen LogP) is 0.584. The molecule has 2 aromatic rings. The van der Waals surface area contributed by atoms with Crippen molar-refractivity contribution in [2.45, 2.75) is 6.54 Å². The minimum absolute atomic E-state index is 0.0201. The van der Waals surface area contributed by atoms with Gasteiger partial charge in [0.15, 0.2) is 5.84 Å². The van der Waals surface area contributed by atoms with Gasteiger partial charge in [-0.1, -0.05) is 17.3 Å². The molecule has 1 amide bonds. The number of hydrogen-bond acceptors (Lipinski definition) is 4. The van der Waals surface area contributed by atoms with E-state index in [9.17, 15) is 9.18 Å². The zero-order chi connectivity index (χ0) is 15.4. The van der Waals surface area contributed by atoms with E-state index < -0.39 is 5.82 Å². The first-order valence-electron chi connectivity index (χ1n) is 6.03. The number of aromatic nitrogens is 2. The van der Waals surface area contributed by atoms with Gasteiger partial charge < -0.3 is 20.8 Å². The van der Waals surface area contributed by atoms with Crippen LogP contribution in [0.2, 0.25) is 0 Å². The molecule has 0 aliphatic heterocycles. The summed E-state index contributed by atoms with van der Waals surface area (Å²) in [5.41, 5.74) is 6.30. The molecule has 0 atom stereocenters. The number of oxime groups is 1. The number of nitrogens with one attached hydrogen (secondary N) is 1. The highest BCUT2D eigenvalue weighted by atomic mass is 19.1. The summed E-state index contributed by atoms with van der Waals surface area (Å²) in [4.78, 5) is 15.7. The molecule has 0 fully saturated rings. The number of nitrogens with zero attached hydrogens (tertiary/aromatic N) is 3. The molecular formula is C13H14FN5O2. The SMILES string of the molecule is Cn1cncc1C(=O)NCc1ccc(/C(N)=N/O)cc1F. The molecule has 110 valence electrons. The number of benzene rings is 1. The van der Waals surface area contributed by atoms with Crippen molar-refractivity contribution in [2.75, 3.05) is 0 Å². The molecule has 4 N–H and O–H groups in total. The molecule has 0 aliphatic rings. The summed E-state index contributed by atoms with van der Waals surface area (Å²) in [7, 11) is 1.69. The van der Waals surface area contributed by atoms with Crippen LogP contribution in [0, 0.1) is 5.82 Å². The number of halogens is 1. The molecule has 0 aliphatic carbocycles. The minimum atomic E-state index is -0.551. The van der Waals surface area contributed by atoms with Crippen LogP contribution in [0.15, 0.2) is 35.9 Å². The van der Waals surface area contributed by atoms with Crippen molar-refractivity contribution in [2.24, 2.45) is 17.9 Å². The second-order valence-electron chi connectivity index (χ2n) is 4.36. The lowest BCUT2D eigenvalue weighted by molar-refractivity contribution is 0.0942. The molecule has 1 aromatic heterocycles. The number of hydrogen-bond donors (Lipinski definition) is 3. The third-order valence-corrected chi connectivity index (χ3v) is 2.95. The van der Waals surface area contributed by atoms with Crippen LogP contribution in [0.4, 0.5) is 4.39 Å². The van der Waals surface area contributed by atoms with Crippen LogP contribution in [0.1, 0.15) is 21.6 Å². The molecule has 21 heavy (non-hydrogen) atoms. The second-order valence-corrected chi connectivity index (χ2v) is 4.36. The minimum Gasteiger partial charge on any atom is -0.409 e. The summed E-state index contributed by atoms with van der Waals surface area (Å²) >= 11 is 0. The molecule has 8 heteroatoms. The number of nitrogens with two attached hydrogens (primary N) is 1. The average Bonchev–Trinajstić information content (AvgIpc) is 2.91. The Balaban J connectivity index is 2.07. The van der Waals surface area contributed by atoms with Gasteiger partial charge in [-0.2, -0.15) is 0 Å². The lowest BCUT2D eigenvalue weighted by atomic mass is 10.1. The standard InChI is InChI=1S/C13H14FN5O2/c1-19-7-16-6-11(19)13(20)17-5-9-3-2-8(4-10(9)14)12(15)18-21/h2-4,6-7,21H,5H2,1H3,(H2,15,18)(H,17,20). The Morgan fingerprint density at radius 2 is 2.33 bits per heavy atom.